The third kappa shape index (κ3) is 3.46. The van der Waals surface area contributed by atoms with Crippen molar-refractivity contribution in [3.8, 4) is 33.4 Å². The Kier molecular flexibility index (Phi) is 4.87. The molecule has 8 aromatic carbocycles. The molecule has 0 atom stereocenters. The lowest BCUT2D eigenvalue weighted by Crippen LogP contribution is -1.87. The van der Waals surface area contributed by atoms with E-state index in [0.717, 1.165) is 0 Å². The molecule has 0 unspecified atom stereocenters. The number of benzene rings is 8. The molecule has 0 aliphatic carbocycles. The highest BCUT2D eigenvalue weighted by atomic mass is 32.1. The summed E-state index contributed by atoms with van der Waals surface area (Å²) in [6.45, 7) is 0. The highest BCUT2D eigenvalue weighted by molar-refractivity contribution is 7.25. The Morgan fingerprint density at radius 2 is 0.878 bits per heavy atom. The summed E-state index contributed by atoms with van der Waals surface area (Å²) in [5.74, 6) is 0. The van der Waals surface area contributed by atoms with E-state index in [-0.39, 0.29) is 0 Å². The van der Waals surface area contributed by atoms with Crippen molar-refractivity contribution in [2.45, 2.75) is 0 Å². The van der Waals surface area contributed by atoms with Crippen molar-refractivity contribution in [1.82, 2.24) is 0 Å². The van der Waals surface area contributed by atoms with Gasteiger partial charge in [0.25, 0.3) is 0 Å². The van der Waals surface area contributed by atoms with E-state index in [2.05, 4.69) is 146 Å². The number of hydrogen-bond acceptors (Lipinski definition) is 1. The Labute approximate surface area is 242 Å². The number of thiophene rings is 1. The second kappa shape index (κ2) is 8.76. The van der Waals surface area contributed by atoms with E-state index < -0.39 is 0 Å². The van der Waals surface area contributed by atoms with Gasteiger partial charge in [0, 0.05) is 20.2 Å². The molecule has 0 amide bonds. The van der Waals surface area contributed by atoms with Crippen molar-refractivity contribution in [3.05, 3.63) is 146 Å². The zero-order valence-corrected chi connectivity index (χ0v) is 23.1. The zero-order chi connectivity index (χ0) is 26.9. The van der Waals surface area contributed by atoms with Gasteiger partial charge in [-0.05, 0) is 90.0 Å². The minimum absolute atomic E-state index is 1.25. The van der Waals surface area contributed by atoms with E-state index in [4.69, 9.17) is 0 Å². The van der Waals surface area contributed by atoms with Gasteiger partial charge in [-0.15, -0.1) is 11.3 Å². The normalized spacial score (nSPS) is 11.9. The van der Waals surface area contributed by atoms with E-state index in [1.54, 1.807) is 0 Å². The van der Waals surface area contributed by atoms with Crippen LogP contribution in [-0.4, -0.2) is 0 Å². The van der Waals surface area contributed by atoms with Gasteiger partial charge >= 0.3 is 0 Å². The molecular weight excluding hydrogens is 513 g/mol. The van der Waals surface area contributed by atoms with Crippen LogP contribution in [-0.2, 0) is 0 Å². The van der Waals surface area contributed by atoms with Gasteiger partial charge in [-0.1, -0.05) is 121 Å². The summed E-state index contributed by atoms with van der Waals surface area (Å²) in [6.07, 6.45) is 0. The van der Waals surface area contributed by atoms with Crippen LogP contribution in [0.15, 0.2) is 146 Å². The van der Waals surface area contributed by atoms with Gasteiger partial charge in [0.15, 0.2) is 0 Å². The van der Waals surface area contributed by atoms with Crippen LogP contribution in [0.5, 0.6) is 0 Å². The first kappa shape index (κ1) is 22.8. The van der Waals surface area contributed by atoms with E-state index in [0.29, 0.717) is 0 Å². The number of hydrogen-bond donors (Lipinski definition) is 0. The molecule has 190 valence electrons. The fourth-order valence-electron chi connectivity index (χ4n) is 6.70. The maximum atomic E-state index is 2.41. The van der Waals surface area contributed by atoms with Gasteiger partial charge in [0.2, 0.25) is 0 Å². The Morgan fingerprint density at radius 1 is 0.317 bits per heavy atom. The van der Waals surface area contributed by atoms with E-state index in [1.165, 1.54) is 85.9 Å². The van der Waals surface area contributed by atoms with Crippen LogP contribution >= 0.6 is 11.3 Å². The largest absolute Gasteiger partial charge is 0.135 e. The molecule has 0 N–H and O–H groups in total. The predicted octanol–water partition coefficient (Wildman–Crippen LogP) is 12.0. The van der Waals surface area contributed by atoms with Crippen LogP contribution < -0.4 is 0 Å². The molecule has 0 bridgehead atoms. The van der Waals surface area contributed by atoms with Gasteiger partial charge in [0.1, 0.15) is 0 Å². The Bertz CT molecular complexity index is 2390. The molecular formula is C40H24S. The van der Waals surface area contributed by atoms with E-state index in [9.17, 15) is 0 Å². The molecule has 41 heavy (non-hydrogen) atoms. The minimum Gasteiger partial charge on any atom is -0.135 e. The summed E-state index contributed by atoms with van der Waals surface area (Å²) in [5, 5.41) is 10.6. The van der Waals surface area contributed by atoms with Gasteiger partial charge < -0.3 is 0 Å². The van der Waals surface area contributed by atoms with Gasteiger partial charge in [0.05, 0.1) is 0 Å². The average Bonchev–Trinajstić information content (AvgIpc) is 3.41. The van der Waals surface area contributed by atoms with Gasteiger partial charge in [-0.2, -0.15) is 0 Å². The first-order valence-electron chi connectivity index (χ1n) is 14.1. The summed E-state index contributed by atoms with van der Waals surface area (Å²) in [4.78, 5) is 0. The van der Waals surface area contributed by atoms with Crippen LogP contribution in [0.1, 0.15) is 0 Å². The monoisotopic (exact) mass is 536 g/mol. The molecule has 0 radical (unpaired) electrons. The molecule has 1 heteroatoms. The second-order valence-electron chi connectivity index (χ2n) is 10.9. The van der Waals surface area contributed by atoms with Crippen molar-refractivity contribution < 1.29 is 0 Å². The molecule has 0 nitrogen and oxygen atoms in total. The predicted molar refractivity (Wildman–Crippen MR) is 179 cm³/mol. The standard InChI is InChI=1S/C40H24S/c1-2-7-25(8-3-1)31-11-4-5-12-32(31)29-17-21-37-35(23-29)36-24-30(18-22-38(36)41-37)33-19-15-28-14-13-26-9-6-10-27-16-20-34(33)40(28)39(26)27/h1-24H. The Morgan fingerprint density at radius 3 is 1.59 bits per heavy atom. The third-order valence-electron chi connectivity index (χ3n) is 8.63. The summed E-state index contributed by atoms with van der Waals surface area (Å²) < 4.78 is 2.66. The first-order chi connectivity index (χ1) is 20.3. The molecule has 0 aliphatic heterocycles. The summed E-state index contributed by atoms with van der Waals surface area (Å²) in [5.41, 5.74) is 7.59. The third-order valence-corrected chi connectivity index (χ3v) is 9.78. The maximum absolute atomic E-state index is 2.41. The summed E-state index contributed by atoms with van der Waals surface area (Å²) in [6, 6.07) is 53.7. The van der Waals surface area contributed by atoms with Crippen molar-refractivity contribution in [3.63, 3.8) is 0 Å². The van der Waals surface area contributed by atoms with Crippen LogP contribution in [0.4, 0.5) is 0 Å². The summed E-state index contributed by atoms with van der Waals surface area (Å²) >= 11 is 1.88. The van der Waals surface area contributed by atoms with E-state index in [1.807, 2.05) is 11.3 Å². The molecule has 0 fully saturated rings. The van der Waals surface area contributed by atoms with Crippen molar-refractivity contribution in [1.29, 1.82) is 0 Å². The molecule has 1 heterocycles. The van der Waals surface area contributed by atoms with Gasteiger partial charge in [-0.3, -0.25) is 0 Å². The highest BCUT2D eigenvalue weighted by Crippen LogP contribution is 2.43. The van der Waals surface area contributed by atoms with Crippen LogP contribution in [0, 0.1) is 0 Å². The fourth-order valence-corrected chi connectivity index (χ4v) is 7.77. The van der Waals surface area contributed by atoms with Crippen LogP contribution in [0.2, 0.25) is 0 Å². The Hall–Kier alpha value is -4.98. The lowest BCUT2D eigenvalue weighted by atomic mass is 9.89. The lowest BCUT2D eigenvalue weighted by molar-refractivity contribution is 1.60. The molecule has 0 saturated carbocycles. The molecule has 9 aromatic rings. The highest BCUT2D eigenvalue weighted by Gasteiger charge is 2.15. The van der Waals surface area contributed by atoms with Crippen molar-refractivity contribution in [2.75, 3.05) is 0 Å². The minimum atomic E-state index is 1.25. The van der Waals surface area contributed by atoms with Gasteiger partial charge in [-0.25, -0.2) is 0 Å². The quantitative estimate of drug-likeness (QED) is 0.197. The molecule has 9 rings (SSSR count). The van der Waals surface area contributed by atoms with E-state index >= 15 is 0 Å². The maximum Gasteiger partial charge on any atom is 0.0355 e. The molecule has 0 aliphatic rings. The molecule has 0 spiro atoms. The Balaban J connectivity index is 1.25. The lowest BCUT2D eigenvalue weighted by Gasteiger charge is -2.14. The second-order valence-corrected chi connectivity index (χ2v) is 12.0. The van der Waals surface area contributed by atoms with Crippen molar-refractivity contribution in [2.24, 2.45) is 0 Å². The summed E-state index contributed by atoms with van der Waals surface area (Å²) in [7, 11) is 0. The number of rotatable bonds is 3. The smallest absolute Gasteiger partial charge is 0.0355 e. The first-order valence-corrected chi connectivity index (χ1v) is 14.9. The SMILES string of the molecule is c1ccc(-c2ccccc2-c2ccc3sc4ccc(-c5ccc6ccc7cccc8ccc5c6c78)cc4c3c2)cc1. The fraction of sp³-hybridized carbons (Fsp3) is 0. The molecule has 1 aromatic heterocycles. The average molecular weight is 537 g/mol. The van der Waals surface area contributed by atoms with Crippen LogP contribution in [0.25, 0.3) is 85.9 Å². The molecule has 0 saturated heterocycles. The van der Waals surface area contributed by atoms with Crippen molar-refractivity contribution >= 4 is 63.8 Å². The topological polar surface area (TPSA) is 0 Å². The van der Waals surface area contributed by atoms with Crippen LogP contribution in [0.3, 0.4) is 0 Å². The zero-order valence-electron chi connectivity index (χ0n) is 22.3. The number of fused-ring (bicyclic) bond motifs is 3.